The molecule has 2 aromatic rings. The van der Waals surface area contributed by atoms with Crippen molar-refractivity contribution in [3.8, 4) is 0 Å². The number of hydrogen-bond acceptors (Lipinski definition) is 5. The highest BCUT2D eigenvalue weighted by atomic mass is 32.1. The fourth-order valence-electron chi connectivity index (χ4n) is 3.88. The number of aromatic nitrogens is 2. The molecule has 3 heterocycles. The molecule has 0 radical (unpaired) electrons. The number of rotatable bonds is 5. The fraction of sp³-hybridized carbons (Fsp3) is 0.550. The van der Waals surface area contributed by atoms with Crippen LogP contribution in [-0.2, 0) is 4.79 Å². The number of pyridine rings is 1. The Hall–Kier alpha value is -1.95. The lowest BCUT2D eigenvalue weighted by Gasteiger charge is -2.31. The van der Waals surface area contributed by atoms with Gasteiger partial charge in [-0.25, -0.2) is 9.97 Å². The number of hydrogen-bond donors (Lipinski definition) is 1. The molecule has 2 aliphatic rings. The summed E-state index contributed by atoms with van der Waals surface area (Å²) in [4.78, 5) is 24.9. The maximum absolute atomic E-state index is 12.6. The van der Waals surface area contributed by atoms with Crippen molar-refractivity contribution in [3.63, 3.8) is 0 Å². The van der Waals surface area contributed by atoms with Gasteiger partial charge >= 0.3 is 0 Å². The zero-order valence-corrected chi connectivity index (χ0v) is 15.9. The summed E-state index contributed by atoms with van der Waals surface area (Å²) >= 11 is 1.62. The number of piperidine rings is 1. The second-order valence-electron chi connectivity index (χ2n) is 7.26. The van der Waals surface area contributed by atoms with E-state index in [1.807, 2.05) is 12.1 Å². The van der Waals surface area contributed by atoms with Crippen molar-refractivity contribution in [2.45, 2.75) is 44.9 Å². The summed E-state index contributed by atoms with van der Waals surface area (Å²) < 4.78 is 0. The first-order chi connectivity index (χ1) is 12.8. The maximum atomic E-state index is 12.6. The summed E-state index contributed by atoms with van der Waals surface area (Å²) in [6.45, 7) is 2.50. The van der Waals surface area contributed by atoms with Gasteiger partial charge in [-0.1, -0.05) is 23.0 Å². The number of fused-ring (bicyclic) bond motifs is 1. The van der Waals surface area contributed by atoms with Gasteiger partial charge in [-0.3, -0.25) is 4.79 Å². The standard InChI is InChI=1S/C20H26N4OS/c25-18(21-12-10-15-6-2-1-3-7-15)16-8-5-13-24(14-16)20-23-17-9-4-11-22-19(17)26-20/h4,6,9,11,16H,1-3,5,7-8,10,12-14H2,(H,21,25)/t16-/m0/s1. The number of anilines is 1. The number of nitrogens with one attached hydrogen (secondary N) is 1. The zero-order chi connectivity index (χ0) is 17.8. The van der Waals surface area contributed by atoms with Gasteiger partial charge in [0.15, 0.2) is 5.13 Å². The van der Waals surface area contributed by atoms with Crippen LogP contribution in [0.5, 0.6) is 0 Å². The van der Waals surface area contributed by atoms with Gasteiger partial charge in [0.05, 0.1) is 5.92 Å². The minimum absolute atomic E-state index is 0.0593. The topological polar surface area (TPSA) is 58.1 Å². The van der Waals surface area contributed by atoms with Crippen LogP contribution in [-0.4, -0.2) is 35.5 Å². The van der Waals surface area contributed by atoms with Gasteiger partial charge in [-0.05, 0) is 57.1 Å². The van der Waals surface area contributed by atoms with Crippen molar-refractivity contribution < 1.29 is 4.79 Å². The molecule has 138 valence electrons. The Labute approximate surface area is 158 Å². The summed E-state index contributed by atoms with van der Waals surface area (Å²) in [6, 6.07) is 3.91. The first-order valence-corrected chi connectivity index (χ1v) is 10.5. The van der Waals surface area contributed by atoms with E-state index in [-0.39, 0.29) is 11.8 Å². The van der Waals surface area contributed by atoms with Gasteiger partial charge in [0, 0.05) is 25.8 Å². The number of thiazole rings is 1. The second kappa shape index (κ2) is 8.16. The normalized spacial score (nSPS) is 20.8. The summed E-state index contributed by atoms with van der Waals surface area (Å²) in [5.41, 5.74) is 2.46. The summed E-state index contributed by atoms with van der Waals surface area (Å²) in [7, 11) is 0. The molecule has 1 N–H and O–H groups in total. The smallest absolute Gasteiger partial charge is 0.224 e. The average molecular weight is 371 g/mol. The van der Waals surface area contributed by atoms with Crippen LogP contribution in [0.4, 0.5) is 5.13 Å². The van der Waals surface area contributed by atoms with Crippen molar-refractivity contribution in [2.24, 2.45) is 5.92 Å². The Morgan fingerprint density at radius 2 is 2.31 bits per heavy atom. The molecule has 0 unspecified atom stereocenters. The van der Waals surface area contributed by atoms with E-state index in [4.69, 9.17) is 4.98 Å². The first-order valence-electron chi connectivity index (χ1n) is 9.72. The largest absolute Gasteiger partial charge is 0.355 e. The quantitative estimate of drug-likeness (QED) is 0.811. The molecular formula is C20H26N4OS. The van der Waals surface area contributed by atoms with Gasteiger partial charge in [0.25, 0.3) is 0 Å². The number of carbonyl (C=O) groups is 1. The molecule has 1 fully saturated rings. The van der Waals surface area contributed by atoms with Crippen LogP contribution < -0.4 is 10.2 Å². The third kappa shape index (κ3) is 4.06. The first kappa shape index (κ1) is 17.5. The molecule has 0 saturated carbocycles. The molecule has 0 aromatic carbocycles. The summed E-state index contributed by atoms with van der Waals surface area (Å²) in [6.07, 6.45) is 12.2. The number of allylic oxidation sites excluding steroid dienone is 1. The maximum Gasteiger partial charge on any atom is 0.224 e. The zero-order valence-electron chi connectivity index (χ0n) is 15.1. The van der Waals surface area contributed by atoms with Crippen molar-refractivity contribution in [1.29, 1.82) is 0 Å². The molecule has 1 atom stereocenters. The van der Waals surface area contributed by atoms with E-state index in [0.717, 1.165) is 54.4 Å². The highest BCUT2D eigenvalue weighted by Gasteiger charge is 2.27. The van der Waals surface area contributed by atoms with Gasteiger partial charge in [0.1, 0.15) is 10.3 Å². The lowest BCUT2D eigenvalue weighted by atomic mass is 9.96. The van der Waals surface area contributed by atoms with Crippen LogP contribution >= 0.6 is 11.3 Å². The van der Waals surface area contributed by atoms with E-state index < -0.39 is 0 Å². The van der Waals surface area contributed by atoms with Crippen LogP contribution in [0.2, 0.25) is 0 Å². The van der Waals surface area contributed by atoms with Crippen LogP contribution in [0.25, 0.3) is 10.3 Å². The van der Waals surface area contributed by atoms with Crippen LogP contribution in [0.1, 0.15) is 44.9 Å². The van der Waals surface area contributed by atoms with Gasteiger partial charge in [-0.15, -0.1) is 0 Å². The van der Waals surface area contributed by atoms with E-state index in [9.17, 15) is 4.79 Å². The Bertz CT molecular complexity index is 767. The predicted molar refractivity (Wildman–Crippen MR) is 107 cm³/mol. The van der Waals surface area contributed by atoms with Crippen LogP contribution in [0.15, 0.2) is 30.0 Å². The average Bonchev–Trinajstić information content (AvgIpc) is 3.13. The van der Waals surface area contributed by atoms with Crippen molar-refractivity contribution in [2.75, 3.05) is 24.5 Å². The Balaban J connectivity index is 1.32. The van der Waals surface area contributed by atoms with E-state index in [0.29, 0.717) is 0 Å². The van der Waals surface area contributed by atoms with Gasteiger partial charge < -0.3 is 10.2 Å². The number of amides is 1. The molecule has 4 rings (SSSR count). The van der Waals surface area contributed by atoms with E-state index in [1.165, 1.54) is 31.3 Å². The SMILES string of the molecule is O=C(NCCC1=CCCCC1)[C@H]1CCCN(c2nc3cccnc3s2)C1. The molecule has 1 aliphatic carbocycles. The Morgan fingerprint density at radius 3 is 3.15 bits per heavy atom. The van der Waals surface area contributed by atoms with Crippen LogP contribution in [0.3, 0.4) is 0 Å². The minimum atomic E-state index is 0.0593. The van der Waals surface area contributed by atoms with Crippen molar-refractivity contribution in [1.82, 2.24) is 15.3 Å². The van der Waals surface area contributed by atoms with Crippen molar-refractivity contribution >= 4 is 32.7 Å². The monoisotopic (exact) mass is 370 g/mol. The third-order valence-corrected chi connectivity index (χ3v) is 6.39. The summed E-state index contributed by atoms with van der Waals surface area (Å²) in [5.74, 6) is 0.259. The van der Waals surface area contributed by atoms with E-state index >= 15 is 0 Å². The highest BCUT2D eigenvalue weighted by molar-refractivity contribution is 7.21. The molecule has 2 aromatic heterocycles. The van der Waals surface area contributed by atoms with Crippen LogP contribution in [0, 0.1) is 5.92 Å². The number of nitrogens with zero attached hydrogens (tertiary/aromatic N) is 3. The molecule has 5 nitrogen and oxygen atoms in total. The summed E-state index contributed by atoms with van der Waals surface area (Å²) in [5, 5.41) is 4.15. The minimum Gasteiger partial charge on any atom is -0.355 e. The highest BCUT2D eigenvalue weighted by Crippen LogP contribution is 2.30. The molecule has 26 heavy (non-hydrogen) atoms. The second-order valence-corrected chi connectivity index (χ2v) is 8.21. The third-order valence-electron chi connectivity index (χ3n) is 5.35. The lowest BCUT2D eigenvalue weighted by molar-refractivity contribution is -0.125. The predicted octanol–water partition coefficient (Wildman–Crippen LogP) is 3.91. The lowest BCUT2D eigenvalue weighted by Crippen LogP contribution is -2.43. The van der Waals surface area contributed by atoms with Gasteiger partial charge in [0.2, 0.25) is 5.91 Å². The molecule has 1 saturated heterocycles. The molecule has 0 bridgehead atoms. The van der Waals surface area contributed by atoms with Gasteiger partial charge in [-0.2, -0.15) is 0 Å². The Kier molecular flexibility index (Phi) is 5.48. The molecule has 0 spiro atoms. The molecule has 1 amide bonds. The number of carbonyl (C=O) groups excluding carboxylic acids is 1. The molecular weight excluding hydrogens is 344 g/mol. The fourth-order valence-corrected chi connectivity index (χ4v) is 4.82. The van der Waals surface area contributed by atoms with Crippen molar-refractivity contribution in [3.05, 3.63) is 30.0 Å². The van der Waals surface area contributed by atoms with E-state index in [2.05, 4.69) is 21.3 Å². The van der Waals surface area contributed by atoms with E-state index in [1.54, 1.807) is 17.5 Å². The molecule has 6 heteroatoms. The molecule has 1 aliphatic heterocycles. The Morgan fingerprint density at radius 1 is 1.35 bits per heavy atom.